The van der Waals surface area contributed by atoms with Crippen LogP contribution in [0.1, 0.15) is 5.56 Å². The molecule has 2 heterocycles. The van der Waals surface area contributed by atoms with Crippen LogP contribution in [-0.2, 0) is 14.8 Å². The zero-order chi connectivity index (χ0) is 18.9. The van der Waals surface area contributed by atoms with E-state index in [4.69, 9.17) is 0 Å². The molecule has 8 nitrogen and oxygen atoms in total. The van der Waals surface area contributed by atoms with Crippen molar-refractivity contribution in [3.63, 3.8) is 0 Å². The standard InChI is InChI=1S/C17H13N5O3S2/c23-14(19-17-21-20-16(26-17)11-6-2-1-3-7-11)10-18-15-12-8-4-5-9-13(12)27(24,25)22-15/h1-9H,10H2,(H,18,22)(H,19,21,23). The van der Waals surface area contributed by atoms with Crippen LogP contribution in [-0.4, -0.2) is 36.9 Å². The maximum atomic E-state index is 12.1. The number of sulfonamides is 1. The van der Waals surface area contributed by atoms with Gasteiger partial charge in [0.05, 0.1) is 4.90 Å². The lowest BCUT2D eigenvalue weighted by Gasteiger charge is -2.00. The van der Waals surface area contributed by atoms with E-state index in [1.807, 2.05) is 30.3 Å². The van der Waals surface area contributed by atoms with E-state index >= 15 is 0 Å². The van der Waals surface area contributed by atoms with Gasteiger partial charge in [0.25, 0.3) is 10.0 Å². The van der Waals surface area contributed by atoms with Crippen LogP contribution in [0.3, 0.4) is 0 Å². The van der Waals surface area contributed by atoms with Crippen molar-refractivity contribution in [3.05, 3.63) is 60.2 Å². The largest absolute Gasteiger partial charge is 0.299 e. The Bertz CT molecular complexity index is 1140. The van der Waals surface area contributed by atoms with Crippen LogP contribution in [0.4, 0.5) is 5.13 Å². The zero-order valence-electron chi connectivity index (χ0n) is 13.8. The Morgan fingerprint density at radius 3 is 2.63 bits per heavy atom. The van der Waals surface area contributed by atoms with Gasteiger partial charge in [0.2, 0.25) is 11.0 Å². The minimum absolute atomic E-state index is 0.154. The van der Waals surface area contributed by atoms with Crippen molar-refractivity contribution in [1.29, 1.82) is 0 Å². The Kier molecular flexibility index (Phi) is 4.42. The highest BCUT2D eigenvalue weighted by Gasteiger charge is 2.30. The SMILES string of the molecule is O=C(CN=C1NS(=O)(=O)c2ccccc21)Nc1nnc(-c2ccccc2)s1. The van der Waals surface area contributed by atoms with E-state index in [2.05, 4.69) is 25.2 Å². The van der Waals surface area contributed by atoms with Gasteiger partial charge in [0.1, 0.15) is 17.4 Å². The molecule has 0 atom stereocenters. The highest BCUT2D eigenvalue weighted by molar-refractivity contribution is 7.90. The molecule has 3 aromatic rings. The maximum Gasteiger partial charge on any atom is 0.263 e. The number of carbonyl (C=O) groups excluding carboxylic acids is 1. The molecule has 10 heteroatoms. The number of benzene rings is 2. The molecule has 0 bridgehead atoms. The van der Waals surface area contributed by atoms with Crippen LogP contribution in [0.25, 0.3) is 10.6 Å². The third-order valence-corrected chi connectivity index (χ3v) is 6.02. The van der Waals surface area contributed by atoms with Crippen LogP contribution in [0, 0.1) is 0 Å². The minimum Gasteiger partial charge on any atom is -0.299 e. The first-order chi connectivity index (χ1) is 13.0. The predicted octanol–water partition coefficient (Wildman–Crippen LogP) is 1.88. The quantitative estimate of drug-likeness (QED) is 0.695. The first kappa shape index (κ1) is 17.3. The molecule has 0 aliphatic carbocycles. The number of amidine groups is 1. The molecule has 27 heavy (non-hydrogen) atoms. The zero-order valence-corrected chi connectivity index (χ0v) is 15.4. The number of hydrogen-bond donors (Lipinski definition) is 2. The van der Waals surface area contributed by atoms with Gasteiger partial charge in [0, 0.05) is 11.1 Å². The number of aliphatic imine (C=N–C) groups is 1. The van der Waals surface area contributed by atoms with Gasteiger partial charge in [-0.05, 0) is 12.1 Å². The van der Waals surface area contributed by atoms with Crippen LogP contribution in [0.2, 0.25) is 0 Å². The summed E-state index contributed by atoms with van der Waals surface area (Å²) < 4.78 is 26.4. The van der Waals surface area contributed by atoms with Gasteiger partial charge in [-0.15, -0.1) is 10.2 Å². The normalized spacial score (nSPS) is 15.9. The van der Waals surface area contributed by atoms with Gasteiger partial charge in [-0.1, -0.05) is 53.8 Å². The first-order valence-electron chi connectivity index (χ1n) is 7.88. The summed E-state index contributed by atoms with van der Waals surface area (Å²) in [5.74, 6) is -0.259. The Labute approximate surface area is 159 Å². The van der Waals surface area contributed by atoms with Crippen LogP contribution in [0.5, 0.6) is 0 Å². The lowest BCUT2D eigenvalue weighted by molar-refractivity contribution is -0.114. The van der Waals surface area contributed by atoms with Gasteiger partial charge in [-0.25, -0.2) is 8.42 Å². The monoisotopic (exact) mass is 399 g/mol. The van der Waals surface area contributed by atoms with Crippen LogP contribution < -0.4 is 10.0 Å². The molecule has 0 fully saturated rings. The molecule has 2 aromatic carbocycles. The van der Waals surface area contributed by atoms with Crippen LogP contribution in [0.15, 0.2) is 64.5 Å². The highest BCUT2D eigenvalue weighted by atomic mass is 32.2. The smallest absolute Gasteiger partial charge is 0.263 e. The molecule has 1 aliphatic heterocycles. The number of fused-ring (bicyclic) bond motifs is 1. The Hall–Kier alpha value is -3.11. The summed E-state index contributed by atoms with van der Waals surface area (Å²) in [6.07, 6.45) is 0. The minimum atomic E-state index is -3.62. The molecule has 0 unspecified atom stereocenters. The lowest BCUT2D eigenvalue weighted by atomic mass is 10.2. The second kappa shape index (κ2) is 6.89. The fourth-order valence-corrected chi connectivity index (χ4v) is 4.55. The maximum absolute atomic E-state index is 12.1. The van der Waals surface area contributed by atoms with Crippen molar-refractivity contribution in [1.82, 2.24) is 14.9 Å². The van der Waals surface area contributed by atoms with Gasteiger partial charge in [-0.2, -0.15) is 0 Å². The van der Waals surface area contributed by atoms with E-state index in [9.17, 15) is 13.2 Å². The van der Waals surface area contributed by atoms with Crippen LogP contribution >= 0.6 is 11.3 Å². The second-order valence-electron chi connectivity index (χ2n) is 5.59. The van der Waals surface area contributed by atoms with Gasteiger partial charge >= 0.3 is 0 Å². The topological polar surface area (TPSA) is 113 Å². The lowest BCUT2D eigenvalue weighted by Crippen LogP contribution is -2.24. The second-order valence-corrected chi connectivity index (χ2v) is 8.22. The molecule has 136 valence electrons. The number of anilines is 1. The van der Waals surface area contributed by atoms with E-state index in [1.54, 1.807) is 18.2 Å². The fourth-order valence-electron chi connectivity index (χ4n) is 2.53. The first-order valence-corrected chi connectivity index (χ1v) is 10.2. The summed E-state index contributed by atoms with van der Waals surface area (Å²) in [7, 11) is -3.62. The molecule has 0 saturated heterocycles. The molecule has 2 N–H and O–H groups in total. The summed E-state index contributed by atoms with van der Waals surface area (Å²) in [4.78, 5) is 16.4. The van der Waals surface area contributed by atoms with Crippen molar-refractivity contribution >= 4 is 38.2 Å². The van der Waals surface area contributed by atoms with Gasteiger partial charge in [0.15, 0.2) is 0 Å². The average molecular weight is 399 g/mol. The molecule has 0 spiro atoms. The summed E-state index contributed by atoms with van der Waals surface area (Å²) >= 11 is 1.25. The molecular weight excluding hydrogens is 386 g/mol. The van der Waals surface area contributed by atoms with Crippen molar-refractivity contribution in [2.75, 3.05) is 11.9 Å². The number of rotatable bonds is 4. The highest BCUT2D eigenvalue weighted by Crippen LogP contribution is 2.26. The number of nitrogens with zero attached hydrogens (tertiary/aromatic N) is 3. The third-order valence-electron chi connectivity index (χ3n) is 3.74. The number of aromatic nitrogens is 2. The third kappa shape index (κ3) is 3.57. The van der Waals surface area contributed by atoms with E-state index in [0.29, 0.717) is 15.7 Å². The molecule has 0 saturated carbocycles. The van der Waals surface area contributed by atoms with E-state index in [0.717, 1.165) is 5.56 Å². The van der Waals surface area contributed by atoms with Crippen molar-refractivity contribution in [3.8, 4) is 10.6 Å². The Morgan fingerprint density at radius 2 is 1.81 bits per heavy atom. The predicted molar refractivity (Wildman–Crippen MR) is 102 cm³/mol. The molecule has 1 aromatic heterocycles. The Balaban J connectivity index is 1.45. The van der Waals surface area contributed by atoms with E-state index in [1.165, 1.54) is 17.4 Å². The number of amides is 1. The molecule has 0 radical (unpaired) electrons. The summed E-state index contributed by atoms with van der Waals surface area (Å²) in [5.41, 5.74) is 1.36. The van der Waals surface area contributed by atoms with E-state index < -0.39 is 15.9 Å². The van der Waals surface area contributed by atoms with Crippen molar-refractivity contribution in [2.24, 2.45) is 4.99 Å². The molecule has 4 rings (SSSR count). The summed E-state index contributed by atoms with van der Waals surface area (Å²) in [6, 6.07) is 16.0. The number of hydrogen-bond acceptors (Lipinski definition) is 7. The molecule has 1 amide bonds. The van der Waals surface area contributed by atoms with Gasteiger partial charge < -0.3 is 0 Å². The van der Waals surface area contributed by atoms with Crippen molar-refractivity contribution in [2.45, 2.75) is 4.90 Å². The summed E-state index contributed by atoms with van der Waals surface area (Å²) in [6.45, 7) is -0.244. The fraction of sp³-hybridized carbons (Fsp3) is 0.0588. The molecule has 1 aliphatic rings. The van der Waals surface area contributed by atoms with Crippen molar-refractivity contribution < 1.29 is 13.2 Å². The van der Waals surface area contributed by atoms with E-state index in [-0.39, 0.29) is 17.3 Å². The average Bonchev–Trinajstić information content (AvgIpc) is 3.24. The van der Waals surface area contributed by atoms with Gasteiger partial charge in [-0.3, -0.25) is 19.8 Å². The number of carbonyl (C=O) groups is 1. The molecular formula is C17H13N5O3S2. The Morgan fingerprint density at radius 1 is 1.07 bits per heavy atom. The summed E-state index contributed by atoms with van der Waals surface area (Å²) in [5, 5.41) is 11.7. The number of nitrogens with one attached hydrogen (secondary N) is 2.